The fourth-order valence-corrected chi connectivity index (χ4v) is 11.6. The number of imide groups is 1. The number of aryl methyl sites for hydroxylation is 1. The second-order valence-corrected chi connectivity index (χ2v) is 19.1. The van der Waals surface area contributed by atoms with Gasteiger partial charge >= 0.3 is 6.03 Å². The summed E-state index contributed by atoms with van der Waals surface area (Å²) in [7, 11) is 3.21. The third-order valence-electron chi connectivity index (χ3n) is 15.5. The van der Waals surface area contributed by atoms with E-state index in [1.54, 1.807) is 6.92 Å². The topological polar surface area (TPSA) is 164 Å². The van der Waals surface area contributed by atoms with Crippen LogP contribution in [0.3, 0.4) is 0 Å². The highest BCUT2D eigenvalue weighted by Crippen LogP contribution is 2.55. The standard InChI is InChI=1S/C52H56F2N8O6/c1-29-39(53)25-41-44(43(29)45-37(48(55)64)17-18-40(67-4)46(45)54)30(2)52(68-41,33-9-6-5-7-10-33)28-56-34-15-13-32(14-16-34)50(65)61-26-35(27-61)60-22-19-31(20-23-60)36-11-8-12-38-47(36)59(3)58-49(38)62-24-21-42(63)57-51(62)66/h5-7,9-10,12,17-18,25,30-32,34-35,56H,13-16,19-24,26-28H2,1-4H3,(H2,55,64)(H,57,63,66). The molecule has 1 saturated carbocycles. The number of rotatable bonds is 11. The SMILES string of the molecule is COc1ccc(C(N)=O)c(-c2c(C)c(F)cc3c2C(C)C(CNC2CCC(C(=O)N4CC(N5CCC(c6c#ccc7c(N8CCC(=O)NC8=O)nn(C)c67)CC5)C4)CC2)(c2ccccc2)O3)c1F. The minimum Gasteiger partial charge on any atom is -0.494 e. The highest BCUT2D eigenvalue weighted by molar-refractivity contribution is 6.09. The first-order valence-electron chi connectivity index (χ1n) is 23.7. The summed E-state index contributed by atoms with van der Waals surface area (Å²) in [6.07, 6.45) is 5.20. The van der Waals surface area contributed by atoms with Crippen molar-refractivity contribution in [2.24, 2.45) is 18.7 Å². The van der Waals surface area contributed by atoms with E-state index in [4.69, 9.17) is 20.3 Å². The molecule has 4 aromatic carbocycles. The van der Waals surface area contributed by atoms with E-state index in [1.165, 1.54) is 30.2 Å². The number of nitrogens with two attached hydrogens (primary N) is 1. The van der Waals surface area contributed by atoms with Gasteiger partial charge in [-0.25, -0.2) is 13.6 Å². The number of halogens is 2. The van der Waals surface area contributed by atoms with Gasteiger partial charge in [-0.2, -0.15) is 5.10 Å². The molecule has 68 heavy (non-hydrogen) atoms. The Bertz CT molecular complexity index is 2820. The maximum Gasteiger partial charge on any atom is 0.329 e. The molecule has 0 radical (unpaired) electrons. The lowest BCUT2D eigenvalue weighted by Crippen LogP contribution is -2.63. The quantitative estimate of drug-likeness (QED) is 0.132. The van der Waals surface area contributed by atoms with Crippen molar-refractivity contribution in [2.45, 2.75) is 88.3 Å². The summed E-state index contributed by atoms with van der Waals surface area (Å²) < 4.78 is 46.1. The van der Waals surface area contributed by atoms with Crippen LogP contribution >= 0.6 is 0 Å². The Hall–Kier alpha value is -6.57. The van der Waals surface area contributed by atoms with E-state index in [9.17, 15) is 19.2 Å². The van der Waals surface area contributed by atoms with E-state index >= 15 is 8.78 Å². The van der Waals surface area contributed by atoms with Crippen molar-refractivity contribution in [3.63, 3.8) is 0 Å². The van der Waals surface area contributed by atoms with Crippen LogP contribution in [-0.2, 0) is 22.2 Å². The average Bonchev–Trinajstić information content (AvgIpc) is 3.81. The maximum absolute atomic E-state index is 16.3. The lowest BCUT2D eigenvalue weighted by atomic mass is 9.76. The Balaban J connectivity index is 0.763. The number of aromatic nitrogens is 2. The molecule has 0 spiro atoms. The van der Waals surface area contributed by atoms with Crippen LogP contribution in [0.5, 0.6) is 11.5 Å². The zero-order chi connectivity index (χ0) is 47.6. The number of piperidine rings is 1. The Morgan fingerprint density at radius 1 is 1.01 bits per heavy atom. The molecule has 0 bridgehead atoms. The van der Waals surface area contributed by atoms with Gasteiger partial charge in [0, 0.05) is 92.4 Å². The van der Waals surface area contributed by atoms with Gasteiger partial charge in [0.1, 0.15) is 11.6 Å². The van der Waals surface area contributed by atoms with Crippen LogP contribution in [0.4, 0.5) is 19.4 Å². The molecule has 5 aromatic rings. The Labute approximate surface area is 394 Å². The zero-order valence-corrected chi connectivity index (χ0v) is 38.8. The zero-order valence-electron chi connectivity index (χ0n) is 38.8. The van der Waals surface area contributed by atoms with Gasteiger partial charge in [0.15, 0.2) is 23.0 Å². The number of nitrogens with one attached hydrogen (secondary N) is 2. The van der Waals surface area contributed by atoms with Crippen molar-refractivity contribution in [2.75, 3.05) is 51.3 Å². The number of carbonyl (C=O) groups is 4. The van der Waals surface area contributed by atoms with E-state index < -0.39 is 35.1 Å². The molecule has 1 aliphatic carbocycles. The highest BCUT2D eigenvalue weighted by Gasteiger charge is 2.50. The smallest absolute Gasteiger partial charge is 0.329 e. The first kappa shape index (κ1) is 45.2. The van der Waals surface area contributed by atoms with E-state index in [1.807, 2.05) is 60.0 Å². The van der Waals surface area contributed by atoms with E-state index in [0.29, 0.717) is 24.0 Å². The minimum absolute atomic E-state index is 0.0491. The number of primary amides is 1. The van der Waals surface area contributed by atoms with Crippen LogP contribution in [0, 0.1) is 36.6 Å². The molecule has 1 aromatic heterocycles. The third kappa shape index (κ3) is 7.69. The van der Waals surface area contributed by atoms with E-state index in [0.717, 1.165) is 86.7 Å². The van der Waals surface area contributed by atoms with Gasteiger partial charge in [-0.1, -0.05) is 49.4 Å². The fraction of sp³-hybridized carbons (Fsp3) is 0.442. The lowest BCUT2D eigenvalue weighted by molar-refractivity contribution is -0.144. The molecular weight excluding hydrogens is 871 g/mol. The largest absolute Gasteiger partial charge is 0.494 e. The van der Waals surface area contributed by atoms with Gasteiger partial charge in [-0.15, -0.1) is 0 Å². The first-order chi connectivity index (χ1) is 32.8. The summed E-state index contributed by atoms with van der Waals surface area (Å²) >= 11 is 0. The van der Waals surface area contributed by atoms with Gasteiger partial charge < -0.3 is 25.4 Å². The number of amides is 5. The monoisotopic (exact) mass is 926 g/mol. The van der Waals surface area contributed by atoms with Gasteiger partial charge in [0.05, 0.1) is 23.6 Å². The number of anilines is 1. The van der Waals surface area contributed by atoms with Gasteiger partial charge in [-0.3, -0.25) is 34.2 Å². The number of hydrogen-bond donors (Lipinski definition) is 3. The molecule has 2 unspecified atom stereocenters. The number of fused-ring (bicyclic) bond motifs is 2. The van der Waals surface area contributed by atoms with E-state index in [-0.39, 0.29) is 76.4 Å². The number of ether oxygens (including phenoxy) is 2. The molecule has 3 saturated heterocycles. The number of urea groups is 1. The minimum atomic E-state index is -1.02. The summed E-state index contributed by atoms with van der Waals surface area (Å²) in [5, 5.41) is 11.7. The molecule has 5 aliphatic rings. The Kier molecular flexibility index (Phi) is 11.9. The average molecular weight is 927 g/mol. The van der Waals surface area contributed by atoms with Crippen molar-refractivity contribution in [3.8, 4) is 22.6 Å². The molecule has 16 heteroatoms. The molecule has 2 atom stereocenters. The molecule has 354 valence electrons. The maximum atomic E-state index is 16.3. The molecule has 14 nitrogen and oxygen atoms in total. The van der Waals surface area contributed by atoms with Crippen LogP contribution in [0.1, 0.15) is 96.3 Å². The number of nitrogens with zero attached hydrogens (tertiary/aromatic N) is 5. The number of benzene rings is 3. The number of likely N-dealkylation sites (tertiary alicyclic amines) is 2. The molecule has 4 aliphatic heterocycles. The Morgan fingerprint density at radius 2 is 1.75 bits per heavy atom. The van der Waals surface area contributed by atoms with Gasteiger partial charge in [0.25, 0.3) is 0 Å². The molecule has 4 fully saturated rings. The van der Waals surface area contributed by atoms with Crippen molar-refractivity contribution >= 4 is 40.5 Å². The summed E-state index contributed by atoms with van der Waals surface area (Å²) in [5.74, 6) is -1.85. The lowest BCUT2D eigenvalue weighted by Gasteiger charge is -2.48. The summed E-state index contributed by atoms with van der Waals surface area (Å²) in [6, 6.07) is 22.1. The van der Waals surface area contributed by atoms with Crippen LogP contribution in [0.15, 0.2) is 54.6 Å². The summed E-state index contributed by atoms with van der Waals surface area (Å²) in [4.78, 5) is 57.1. The van der Waals surface area contributed by atoms with Crippen LogP contribution in [0.25, 0.3) is 22.0 Å². The number of methoxy groups -OCH3 is 1. The predicted molar refractivity (Wildman–Crippen MR) is 250 cm³/mol. The summed E-state index contributed by atoms with van der Waals surface area (Å²) in [5.41, 5.74) is 8.38. The first-order valence-corrected chi connectivity index (χ1v) is 23.7. The second kappa shape index (κ2) is 17.8. The molecule has 5 amide bonds. The molecule has 4 N–H and O–H groups in total. The molecule has 10 rings (SSSR count). The number of carbonyl (C=O) groups excluding carboxylic acids is 4. The van der Waals surface area contributed by atoms with Crippen molar-refractivity contribution in [1.82, 2.24) is 30.2 Å². The van der Waals surface area contributed by atoms with Crippen LogP contribution < -0.4 is 30.7 Å². The fourth-order valence-electron chi connectivity index (χ4n) is 11.6. The third-order valence-corrected chi connectivity index (χ3v) is 15.5. The molecule has 5 heterocycles. The van der Waals surface area contributed by atoms with Crippen molar-refractivity contribution < 1.29 is 37.4 Å². The normalized spacial score (nSPS) is 23.5. The van der Waals surface area contributed by atoms with Crippen molar-refractivity contribution in [3.05, 3.63) is 106 Å². The Morgan fingerprint density at radius 3 is 2.44 bits per heavy atom. The van der Waals surface area contributed by atoms with Crippen LogP contribution in [0.2, 0.25) is 0 Å². The van der Waals surface area contributed by atoms with E-state index in [2.05, 4.69) is 27.7 Å². The second-order valence-electron chi connectivity index (χ2n) is 19.1. The predicted octanol–water partition coefficient (Wildman–Crippen LogP) is 6.61. The highest BCUT2D eigenvalue weighted by atomic mass is 19.1. The number of hydrogen-bond acceptors (Lipinski definition) is 9. The van der Waals surface area contributed by atoms with Crippen LogP contribution in [-0.4, -0.2) is 102 Å². The molecular formula is C52H56F2N8O6. The summed E-state index contributed by atoms with van der Waals surface area (Å²) in [6.45, 7) is 7.44. The van der Waals surface area contributed by atoms with Crippen molar-refractivity contribution in [1.29, 1.82) is 0 Å². The van der Waals surface area contributed by atoms with Gasteiger partial charge in [-0.05, 0) is 93.3 Å². The van der Waals surface area contributed by atoms with Gasteiger partial charge in [0.2, 0.25) is 17.7 Å².